The summed E-state index contributed by atoms with van der Waals surface area (Å²) in [6.45, 7) is 0. The van der Waals surface area contributed by atoms with E-state index in [1.807, 2.05) is 48.5 Å². The Kier molecular flexibility index (Phi) is 4.22. The number of hydrogen-bond donors (Lipinski definition) is 1. The van der Waals surface area contributed by atoms with Gasteiger partial charge < -0.3 is 5.32 Å². The van der Waals surface area contributed by atoms with Crippen molar-refractivity contribution in [3.63, 3.8) is 0 Å². The Labute approximate surface area is 134 Å². The van der Waals surface area contributed by atoms with Crippen molar-refractivity contribution in [1.29, 1.82) is 0 Å². The van der Waals surface area contributed by atoms with Gasteiger partial charge in [-0.1, -0.05) is 66.2 Å². The minimum Gasteiger partial charge on any atom is -0.321 e. The van der Waals surface area contributed by atoms with Crippen LogP contribution in [0.15, 0.2) is 72.8 Å². The van der Waals surface area contributed by atoms with Crippen molar-refractivity contribution in [2.45, 2.75) is 0 Å². The van der Waals surface area contributed by atoms with Crippen molar-refractivity contribution in [3.05, 3.63) is 83.4 Å². The van der Waals surface area contributed by atoms with E-state index in [4.69, 9.17) is 11.6 Å². The number of nitrogens with one attached hydrogen (secondary N) is 1. The molecule has 108 valence electrons. The second kappa shape index (κ2) is 6.46. The van der Waals surface area contributed by atoms with Crippen LogP contribution in [0.4, 0.5) is 5.69 Å². The highest BCUT2D eigenvalue weighted by Gasteiger charge is 2.02. The number of para-hydroxylation sites is 1. The molecule has 0 aliphatic heterocycles. The summed E-state index contributed by atoms with van der Waals surface area (Å²) in [5.74, 6) is -0.207. The van der Waals surface area contributed by atoms with Gasteiger partial charge in [0.05, 0.1) is 10.7 Å². The largest absolute Gasteiger partial charge is 0.321 e. The molecule has 0 aromatic heterocycles. The number of carbonyl (C=O) groups is 1. The van der Waals surface area contributed by atoms with Gasteiger partial charge in [0.2, 0.25) is 5.91 Å². The number of hydrogen-bond acceptors (Lipinski definition) is 1. The van der Waals surface area contributed by atoms with Crippen LogP contribution in [0, 0.1) is 0 Å². The fraction of sp³-hybridized carbons (Fsp3) is 0. The molecule has 3 heteroatoms. The fourth-order valence-corrected chi connectivity index (χ4v) is 2.48. The molecule has 2 nitrogen and oxygen atoms in total. The topological polar surface area (TPSA) is 29.1 Å². The van der Waals surface area contributed by atoms with E-state index in [1.54, 1.807) is 12.1 Å². The maximum absolute atomic E-state index is 12.0. The Balaban J connectivity index is 1.81. The summed E-state index contributed by atoms with van der Waals surface area (Å²) < 4.78 is 0. The van der Waals surface area contributed by atoms with Gasteiger partial charge in [-0.05, 0) is 34.5 Å². The number of anilines is 1. The first-order valence-electron chi connectivity index (χ1n) is 6.95. The molecule has 0 aliphatic rings. The van der Waals surface area contributed by atoms with E-state index in [1.165, 1.54) is 6.08 Å². The second-order valence-electron chi connectivity index (χ2n) is 4.87. The van der Waals surface area contributed by atoms with E-state index >= 15 is 0 Å². The summed E-state index contributed by atoms with van der Waals surface area (Å²) in [5.41, 5.74) is 1.61. The monoisotopic (exact) mass is 307 g/mol. The molecule has 0 saturated heterocycles. The molecule has 3 rings (SSSR count). The van der Waals surface area contributed by atoms with Gasteiger partial charge in [-0.2, -0.15) is 0 Å². The first-order chi connectivity index (χ1) is 10.7. The van der Waals surface area contributed by atoms with E-state index < -0.39 is 0 Å². The van der Waals surface area contributed by atoms with Gasteiger partial charge in [0, 0.05) is 6.08 Å². The lowest BCUT2D eigenvalue weighted by atomic mass is 10.0. The maximum atomic E-state index is 12.0. The van der Waals surface area contributed by atoms with Crippen molar-refractivity contribution in [1.82, 2.24) is 0 Å². The molecule has 0 atom stereocenters. The molecule has 0 aliphatic carbocycles. The van der Waals surface area contributed by atoms with Gasteiger partial charge in [0.25, 0.3) is 0 Å². The zero-order valence-electron chi connectivity index (χ0n) is 11.8. The molecule has 0 bridgehead atoms. The fourth-order valence-electron chi connectivity index (χ4n) is 2.30. The normalized spacial score (nSPS) is 11.0. The Hall–Kier alpha value is -2.58. The van der Waals surface area contributed by atoms with Crippen LogP contribution in [-0.4, -0.2) is 5.91 Å². The predicted molar refractivity (Wildman–Crippen MR) is 93.1 cm³/mol. The average Bonchev–Trinajstić information content (AvgIpc) is 2.55. The molecule has 0 radical (unpaired) electrons. The highest BCUT2D eigenvalue weighted by atomic mass is 35.5. The van der Waals surface area contributed by atoms with E-state index in [2.05, 4.69) is 17.4 Å². The Morgan fingerprint density at radius 3 is 2.50 bits per heavy atom. The standard InChI is InChI=1S/C19H14ClNO/c20-17-10-3-4-11-18(17)21-19(22)13-12-15-8-5-7-14-6-1-2-9-16(14)15/h1-13H,(H,21,22). The Morgan fingerprint density at radius 1 is 0.909 bits per heavy atom. The number of rotatable bonds is 3. The third-order valence-electron chi connectivity index (χ3n) is 3.37. The lowest BCUT2D eigenvalue weighted by Gasteiger charge is -2.04. The van der Waals surface area contributed by atoms with Crippen molar-refractivity contribution in [2.75, 3.05) is 5.32 Å². The lowest BCUT2D eigenvalue weighted by Crippen LogP contribution is -2.07. The number of carbonyl (C=O) groups excluding carboxylic acids is 1. The molecule has 1 amide bonds. The van der Waals surface area contributed by atoms with E-state index in [-0.39, 0.29) is 5.91 Å². The molecule has 0 heterocycles. The van der Waals surface area contributed by atoms with Crippen LogP contribution < -0.4 is 5.32 Å². The zero-order valence-corrected chi connectivity index (χ0v) is 12.5. The SMILES string of the molecule is O=C(C=Cc1cccc2ccccc12)Nc1ccccc1Cl. The summed E-state index contributed by atoms with van der Waals surface area (Å²) in [4.78, 5) is 12.0. The van der Waals surface area contributed by atoms with Gasteiger partial charge in [0.1, 0.15) is 0 Å². The van der Waals surface area contributed by atoms with Crippen molar-refractivity contribution in [2.24, 2.45) is 0 Å². The molecule has 3 aromatic carbocycles. The van der Waals surface area contributed by atoms with Crippen molar-refractivity contribution in [3.8, 4) is 0 Å². The molecule has 22 heavy (non-hydrogen) atoms. The quantitative estimate of drug-likeness (QED) is 0.666. The average molecular weight is 308 g/mol. The van der Waals surface area contributed by atoms with Crippen LogP contribution in [0.3, 0.4) is 0 Å². The van der Waals surface area contributed by atoms with E-state index in [9.17, 15) is 4.79 Å². The van der Waals surface area contributed by atoms with E-state index in [0.29, 0.717) is 10.7 Å². The highest BCUT2D eigenvalue weighted by molar-refractivity contribution is 6.33. The second-order valence-corrected chi connectivity index (χ2v) is 5.28. The minimum atomic E-state index is -0.207. The number of halogens is 1. The van der Waals surface area contributed by atoms with Crippen LogP contribution in [-0.2, 0) is 4.79 Å². The summed E-state index contributed by atoms with van der Waals surface area (Å²) in [6, 6.07) is 21.3. The van der Waals surface area contributed by atoms with Gasteiger partial charge in [-0.25, -0.2) is 0 Å². The summed E-state index contributed by atoms with van der Waals surface area (Å²) in [5, 5.41) is 5.56. The molecule has 0 spiro atoms. The third-order valence-corrected chi connectivity index (χ3v) is 3.70. The summed E-state index contributed by atoms with van der Waals surface area (Å²) in [6.07, 6.45) is 3.33. The lowest BCUT2D eigenvalue weighted by molar-refractivity contribution is -0.111. The zero-order chi connectivity index (χ0) is 15.4. The van der Waals surface area contributed by atoms with Gasteiger partial charge in [-0.3, -0.25) is 4.79 Å². The minimum absolute atomic E-state index is 0.207. The van der Waals surface area contributed by atoms with Crippen LogP contribution in [0.1, 0.15) is 5.56 Å². The first kappa shape index (κ1) is 14.4. The van der Waals surface area contributed by atoms with Crippen molar-refractivity contribution >= 4 is 40.0 Å². The molecule has 1 N–H and O–H groups in total. The molecule has 0 unspecified atom stereocenters. The van der Waals surface area contributed by atoms with Crippen LogP contribution >= 0.6 is 11.6 Å². The predicted octanol–water partition coefficient (Wildman–Crippen LogP) is 5.15. The maximum Gasteiger partial charge on any atom is 0.248 e. The van der Waals surface area contributed by atoms with Crippen molar-refractivity contribution < 1.29 is 4.79 Å². The number of benzene rings is 3. The van der Waals surface area contributed by atoms with E-state index in [0.717, 1.165) is 16.3 Å². The highest BCUT2D eigenvalue weighted by Crippen LogP contribution is 2.21. The Morgan fingerprint density at radius 2 is 1.64 bits per heavy atom. The van der Waals surface area contributed by atoms with Gasteiger partial charge in [-0.15, -0.1) is 0 Å². The van der Waals surface area contributed by atoms with Gasteiger partial charge >= 0.3 is 0 Å². The molecule has 3 aromatic rings. The molecule has 0 fully saturated rings. The van der Waals surface area contributed by atoms with Crippen LogP contribution in [0.5, 0.6) is 0 Å². The van der Waals surface area contributed by atoms with Gasteiger partial charge in [0.15, 0.2) is 0 Å². The summed E-state index contributed by atoms with van der Waals surface area (Å²) >= 11 is 6.02. The molecule has 0 saturated carbocycles. The smallest absolute Gasteiger partial charge is 0.248 e. The third kappa shape index (κ3) is 3.18. The first-order valence-corrected chi connectivity index (χ1v) is 7.33. The number of amides is 1. The molecular weight excluding hydrogens is 294 g/mol. The Bertz CT molecular complexity index is 849. The summed E-state index contributed by atoms with van der Waals surface area (Å²) in [7, 11) is 0. The number of fused-ring (bicyclic) bond motifs is 1. The van der Waals surface area contributed by atoms with Crippen LogP contribution in [0.2, 0.25) is 5.02 Å². The molecular formula is C19H14ClNO. The van der Waals surface area contributed by atoms with Crippen LogP contribution in [0.25, 0.3) is 16.8 Å².